The summed E-state index contributed by atoms with van der Waals surface area (Å²) >= 11 is 0. The third-order valence-electron chi connectivity index (χ3n) is 4.69. The van der Waals surface area contributed by atoms with Gasteiger partial charge in [0.25, 0.3) is 0 Å². The fourth-order valence-electron chi connectivity index (χ4n) is 3.33. The molecule has 1 fully saturated rings. The van der Waals surface area contributed by atoms with Crippen LogP contribution in [0.3, 0.4) is 0 Å². The van der Waals surface area contributed by atoms with Crippen molar-refractivity contribution in [3.8, 4) is 0 Å². The highest BCUT2D eigenvalue weighted by Gasteiger charge is 2.12. The fourth-order valence-corrected chi connectivity index (χ4v) is 3.33. The molecule has 1 aliphatic rings. The molecule has 1 aromatic rings. The molecule has 1 aromatic heterocycles. The van der Waals surface area contributed by atoms with E-state index in [-0.39, 0.29) is 0 Å². The molecule has 2 rings (SSSR count). The quantitative estimate of drug-likeness (QED) is 0.438. The SMILES string of the molecule is CCc1nncn1CCNC(=NC)NCCCC1CCCCC1. The zero-order valence-corrected chi connectivity index (χ0v) is 14.7. The molecule has 6 nitrogen and oxygen atoms in total. The molecule has 130 valence electrons. The first-order chi connectivity index (χ1) is 11.3. The summed E-state index contributed by atoms with van der Waals surface area (Å²) in [4.78, 5) is 4.29. The van der Waals surface area contributed by atoms with Gasteiger partial charge in [-0.05, 0) is 18.8 Å². The third-order valence-corrected chi connectivity index (χ3v) is 4.69. The highest BCUT2D eigenvalue weighted by molar-refractivity contribution is 5.79. The molecule has 0 aromatic carbocycles. The number of aromatic nitrogens is 3. The van der Waals surface area contributed by atoms with E-state index < -0.39 is 0 Å². The monoisotopic (exact) mass is 320 g/mol. The van der Waals surface area contributed by atoms with Crippen LogP contribution in [0.5, 0.6) is 0 Å². The van der Waals surface area contributed by atoms with E-state index in [0.29, 0.717) is 0 Å². The lowest BCUT2D eigenvalue weighted by Gasteiger charge is -2.21. The number of hydrogen-bond acceptors (Lipinski definition) is 3. The van der Waals surface area contributed by atoms with E-state index in [2.05, 4.69) is 37.3 Å². The molecular weight excluding hydrogens is 288 g/mol. The summed E-state index contributed by atoms with van der Waals surface area (Å²) in [6.45, 7) is 4.79. The minimum absolute atomic E-state index is 0.827. The van der Waals surface area contributed by atoms with E-state index in [1.54, 1.807) is 6.33 Å². The number of rotatable bonds is 8. The molecule has 1 heterocycles. The summed E-state index contributed by atoms with van der Waals surface area (Å²) in [5, 5.41) is 14.8. The van der Waals surface area contributed by atoms with Gasteiger partial charge in [0.05, 0.1) is 0 Å². The van der Waals surface area contributed by atoms with Crippen molar-refractivity contribution in [1.82, 2.24) is 25.4 Å². The van der Waals surface area contributed by atoms with Crippen LogP contribution in [0.15, 0.2) is 11.3 Å². The maximum absolute atomic E-state index is 4.29. The molecule has 1 aliphatic carbocycles. The van der Waals surface area contributed by atoms with Crippen LogP contribution in [-0.4, -0.2) is 40.9 Å². The molecule has 0 saturated heterocycles. The molecule has 0 spiro atoms. The van der Waals surface area contributed by atoms with E-state index in [1.165, 1.54) is 44.9 Å². The molecule has 0 radical (unpaired) electrons. The van der Waals surface area contributed by atoms with Gasteiger partial charge in [-0.25, -0.2) is 0 Å². The average Bonchev–Trinajstić information content (AvgIpc) is 3.05. The molecule has 23 heavy (non-hydrogen) atoms. The van der Waals surface area contributed by atoms with Gasteiger partial charge < -0.3 is 15.2 Å². The Balaban J connectivity index is 1.58. The van der Waals surface area contributed by atoms with Gasteiger partial charge in [-0.2, -0.15) is 0 Å². The summed E-state index contributed by atoms with van der Waals surface area (Å²) < 4.78 is 2.09. The Morgan fingerprint density at radius 3 is 2.78 bits per heavy atom. The lowest BCUT2D eigenvalue weighted by atomic mass is 9.86. The second-order valence-electron chi connectivity index (χ2n) is 6.37. The van der Waals surface area contributed by atoms with Gasteiger partial charge >= 0.3 is 0 Å². The van der Waals surface area contributed by atoms with Crippen molar-refractivity contribution < 1.29 is 0 Å². The number of aryl methyl sites for hydroxylation is 1. The lowest BCUT2D eigenvalue weighted by Crippen LogP contribution is -2.39. The third kappa shape index (κ3) is 6.20. The molecule has 0 bridgehead atoms. The van der Waals surface area contributed by atoms with Gasteiger partial charge in [0, 0.05) is 33.1 Å². The number of hydrogen-bond donors (Lipinski definition) is 2. The largest absolute Gasteiger partial charge is 0.356 e. The van der Waals surface area contributed by atoms with Crippen molar-refractivity contribution in [2.45, 2.75) is 64.8 Å². The summed E-state index contributed by atoms with van der Waals surface area (Å²) in [5.74, 6) is 2.88. The van der Waals surface area contributed by atoms with Crippen LogP contribution >= 0.6 is 0 Å². The molecule has 0 aliphatic heterocycles. The van der Waals surface area contributed by atoms with Gasteiger partial charge in [0.15, 0.2) is 5.96 Å². The van der Waals surface area contributed by atoms with Crippen molar-refractivity contribution in [3.63, 3.8) is 0 Å². The van der Waals surface area contributed by atoms with Gasteiger partial charge in [0.1, 0.15) is 12.2 Å². The molecule has 0 amide bonds. The summed E-state index contributed by atoms with van der Waals surface area (Å²) in [6.07, 6.45) is 12.5. The molecule has 0 atom stereocenters. The molecule has 0 unspecified atom stereocenters. The van der Waals surface area contributed by atoms with Crippen molar-refractivity contribution in [2.24, 2.45) is 10.9 Å². The highest BCUT2D eigenvalue weighted by atomic mass is 15.3. The summed E-state index contributed by atoms with van der Waals surface area (Å²) in [5.41, 5.74) is 0. The predicted octanol–water partition coefficient (Wildman–Crippen LogP) is 2.37. The maximum Gasteiger partial charge on any atom is 0.191 e. The van der Waals surface area contributed by atoms with E-state index in [9.17, 15) is 0 Å². The van der Waals surface area contributed by atoms with Crippen LogP contribution in [0.25, 0.3) is 0 Å². The van der Waals surface area contributed by atoms with Gasteiger partial charge in [-0.15, -0.1) is 10.2 Å². The molecular formula is C17H32N6. The Hall–Kier alpha value is -1.59. The van der Waals surface area contributed by atoms with Crippen LogP contribution in [0.2, 0.25) is 0 Å². The standard InChI is InChI=1S/C17H32N6/c1-3-16-22-21-14-23(16)13-12-20-17(18-2)19-11-7-10-15-8-5-4-6-9-15/h14-15H,3-13H2,1-2H3,(H2,18,19,20). The first kappa shape index (κ1) is 17.8. The van der Waals surface area contributed by atoms with E-state index in [4.69, 9.17) is 0 Å². The van der Waals surface area contributed by atoms with Crippen LogP contribution in [0.4, 0.5) is 0 Å². The minimum Gasteiger partial charge on any atom is -0.356 e. The van der Waals surface area contributed by atoms with Crippen LogP contribution < -0.4 is 10.6 Å². The van der Waals surface area contributed by atoms with Gasteiger partial charge in [0.2, 0.25) is 0 Å². The minimum atomic E-state index is 0.827. The Labute approximate surface area is 140 Å². The average molecular weight is 320 g/mol. The van der Waals surface area contributed by atoms with Crippen molar-refractivity contribution in [1.29, 1.82) is 0 Å². The molecule has 6 heteroatoms. The normalized spacial score (nSPS) is 16.5. The van der Waals surface area contributed by atoms with Crippen LogP contribution in [-0.2, 0) is 13.0 Å². The topological polar surface area (TPSA) is 67.1 Å². The Bertz CT molecular complexity index is 461. The van der Waals surface area contributed by atoms with Crippen LogP contribution in [0, 0.1) is 5.92 Å². The zero-order valence-electron chi connectivity index (χ0n) is 14.7. The molecule has 1 saturated carbocycles. The van der Waals surface area contributed by atoms with Gasteiger partial charge in [-0.1, -0.05) is 39.0 Å². The van der Waals surface area contributed by atoms with Crippen molar-refractivity contribution in [2.75, 3.05) is 20.1 Å². The number of guanidine groups is 1. The number of nitrogens with one attached hydrogen (secondary N) is 2. The Kier molecular flexibility index (Phi) is 7.90. The smallest absolute Gasteiger partial charge is 0.191 e. The maximum atomic E-state index is 4.29. The van der Waals surface area contributed by atoms with Gasteiger partial charge in [-0.3, -0.25) is 4.99 Å². The number of nitrogens with zero attached hydrogens (tertiary/aromatic N) is 4. The fraction of sp³-hybridized carbons (Fsp3) is 0.824. The molecule has 2 N–H and O–H groups in total. The Morgan fingerprint density at radius 1 is 1.26 bits per heavy atom. The van der Waals surface area contributed by atoms with E-state index in [0.717, 1.165) is 43.8 Å². The first-order valence-corrected chi connectivity index (χ1v) is 9.14. The second-order valence-corrected chi connectivity index (χ2v) is 6.37. The number of aliphatic imine (C=N–C) groups is 1. The van der Waals surface area contributed by atoms with Crippen molar-refractivity contribution in [3.05, 3.63) is 12.2 Å². The summed E-state index contributed by atoms with van der Waals surface area (Å²) in [6, 6.07) is 0. The second kappa shape index (κ2) is 10.2. The lowest BCUT2D eigenvalue weighted by molar-refractivity contribution is 0.332. The highest BCUT2D eigenvalue weighted by Crippen LogP contribution is 2.26. The predicted molar refractivity (Wildman–Crippen MR) is 94.6 cm³/mol. The van der Waals surface area contributed by atoms with E-state index >= 15 is 0 Å². The zero-order chi connectivity index (χ0) is 16.3. The van der Waals surface area contributed by atoms with Crippen molar-refractivity contribution >= 4 is 5.96 Å². The Morgan fingerprint density at radius 2 is 2.04 bits per heavy atom. The summed E-state index contributed by atoms with van der Waals surface area (Å²) in [7, 11) is 1.83. The van der Waals surface area contributed by atoms with Crippen LogP contribution in [0.1, 0.15) is 57.7 Å². The van der Waals surface area contributed by atoms with E-state index in [1.807, 2.05) is 7.05 Å². The first-order valence-electron chi connectivity index (χ1n) is 9.14.